The van der Waals surface area contributed by atoms with Crippen LogP contribution in [0.5, 0.6) is 0 Å². The maximum atomic E-state index is 5.92. The van der Waals surface area contributed by atoms with Crippen LogP contribution >= 0.6 is 11.6 Å². The van der Waals surface area contributed by atoms with Crippen LogP contribution in [0.1, 0.15) is 18.4 Å². The molecule has 1 aromatic carbocycles. The zero-order chi connectivity index (χ0) is 11.2. The average Bonchev–Trinajstić information content (AvgIpc) is 2.30. The Kier molecular flexibility index (Phi) is 4.64. The second-order valence-corrected chi connectivity index (χ2v) is 4.78. The van der Waals surface area contributed by atoms with Crippen LogP contribution in [0.25, 0.3) is 0 Å². The molecule has 1 fully saturated rings. The molecule has 0 spiro atoms. The molecular weight excluding hydrogens is 222 g/mol. The number of ether oxygens (including phenoxy) is 1. The molecule has 0 aliphatic carbocycles. The van der Waals surface area contributed by atoms with Crippen LogP contribution in [0.4, 0.5) is 0 Å². The minimum Gasteiger partial charge on any atom is -0.381 e. The number of nitrogens with one attached hydrogen (secondary N) is 1. The minimum absolute atomic E-state index is 0.674. The van der Waals surface area contributed by atoms with Crippen molar-refractivity contribution in [3.8, 4) is 0 Å². The second kappa shape index (κ2) is 6.24. The molecule has 0 aromatic heterocycles. The number of halogens is 1. The standard InChI is InChI=1S/C13H18ClNO/c14-13-5-1-3-11(7-13)8-15-9-12-4-2-6-16-10-12/h1,3,5,7,12,15H,2,4,6,8-10H2. The molecule has 1 unspecified atom stereocenters. The van der Waals surface area contributed by atoms with Crippen molar-refractivity contribution in [2.24, 2.45) is 5.92 Å². The monoisotopic (exact) mass is 239 g/mol. The first-order valence-electron chi connectivity index (χ1n) is 5.87. The Balaban J connectivity index is 1.71. The van der Waals surface area contributed by atoms with E-state index in [-0.39, 0.29) is 0 Å². The lowest BCUT2D eigenvalue weighted by molar-refractivity contribution is 0.0547. The predicted molar refractivity (Wildman–Crippen MR) is 66.7 cm³/mol. The molecule has 1 saturated heterocycles. The molecule has 2 rings (SSSR count). The molecule has 1 atom stereocenters. The molecule has 1 N–H and O–H groups in total. The van der Waals surface area contributed by atoms with Gasteiger partial charge in [0.2, 0.25) is 0 Å². The number of benzene rings is 1. The van der Waals surface area contributed by atoms with E-state index < -0.39 is 0 Å². The van der Waals surface area contributed by atoms with E-state index in [1.807, 2.05) is 18.2 Å². The summed E-state index contributed by atoms with van der Waals surface area (Å²) < 4.78 is 5.44. The van der Waals surface area contributed by atoms with Crippen molar-refractivity contribution in [3.05, 3.63) is 34.9 Å². The Morgan fingerprint density at radius 3 is 3.12 bits per heavy atom. The van der Waals surface area contributed by atoms with Gasteiger partial charge in [-0.05, 0) is 36.5 Å². The Bertz CT molecular complexity index is 323. The van der Waals surface area contributed by atoms with E-state index in [9.17, 15) is 0 Å². The third-order valence-electron chi connectivity index (χ3n) is 2.91. The number of hydrogen-bond donors (Lipinski definition) is 1. The van der Waals surface area contributed by atoms with Gasteiger partial charge in [-0.2, -0.15) is 0 Å². The SMILES string of the molecule is Clc1cccc(CNCC2CCCOC2)c1. The van der Waals surface area contributed by atoms with Crippen molar-refractivity contribution in [2.75, 3.05) is 19.8 Å². The molecule has 0 radical (unpaired) electrons. The first-order chi connectivity index (χ1) is 7.84. The lowest BCUT2D eigenvalue weighted by Gasteiger charge is -2.22. The summed E-state index contributed by atoms with van der Waals surface area (Å²) >= 11 is 5.92. The molecular formula is C13H18ClNO. The lowest BCUT2D eigenvalue weighted by atomic mass is 10.0. The van der Waals surface area contributed by atoms with Gasteiger partial charge in [-0.15, -0.1) is 0 Å². The molecule has 3 heteroatoms. The van der Waals surface area contributed by atoms with E-state index in [0.717, 1.165) is 31.3 Å². The van der Waals surface area contributed by atoms with Crippen LogP contribution in [0.3, 0.4) is 0 Å². The molecule has 1 aliphatic heterocycles. The summed E-state index contributed by atoms with van der Waals surface area (Å²) in [4.78, 5) is 0. The van der Waals surface area contributed by atoms with Gasteiger partial charge in [0.05, 0.1) is 6.61 Å². The van der Waals surface area contributed by atoms with E-state index in [4.69, 9.17) is 16.3 Å². The molecule has 0 saturated carbocycles. The fourth-order valence-electron chi connectivity index (χ4n) is 2.04. The zero-order valence-electron chi connectivity index (χ0n) is 9.42. The van der Waals surface area contributed by atoms with Crippen LogP contribution in [0, 0.1) is 5.92 Å². The van der Waals surface area contributed by atoms with Crippen molar-refractivity contribution in [1.82, 2.24) is 5.32 Å². The van der Waals surface area contributed by atoms with Crippen molar-refractivity contribution >= 4 is 11.6 Å². The highest BCUT2D eigenvalue weighted by Gasteiger charge is 2.12. The predicted octanol–water partition coefficient (Wildman–Crippen LogP) is 2.86. The first-order valence-corrected chi connectivity index (χ1v) is 6.25. The third-order valence-corrected chi connectivity index (χ3v) is 3.14. The van der Waals surface area contributed by atoms with E-state index in [1.54, 1.807) is 0 Å². The minimum atomic E-state index is 0.674. The highest BCUT2D eigenvalue weighted by molar-refractivity contribution is 6.30. The van der Waals surface area contributed by atoms with Gasteiger partial charge in [0.1, 0.15) is 0 Å². The summed E-state index contributed by atoms with van der Waals surface area (Å²) in [6, 6.07) is 7.99. The van der Waals surface area contributed by atoms with Gasteiger partial charge >= 0.3 is 0 Å². The second-order valence-electron chi connectivity index (χ2n) is 4.34. The maximum Gasteiger partial charge on any atom is 0.0506 e. The van der Waals surface area contributed by atoms with Crippen molar-refractivity contribution in [2.45, 2.75) is 19.4 Å². The summed E-state index contributed by atoms with van der Waals surface area (Å²) in [5.41, 5.74) is 1.24. The summed E-state index contributed by atoms with van der Waals surface area (Å²) in [6.45, 7) is 3.76. The van der Waals surface area contributed by atoms with Crippen molar-refractivity contribution < 1.29 is 4.74 Å². The van der Waals surface area contributed by atoms with Gasteiger partial charge in [0, 0.05) is 24.7 Å². The molecule has 2 nitrogen and oxygen atoms in total. The summed E-state index contributed by atoms with van der Waals surface area (Å²) in [6.07, 6.45) is 2.48. The van der Waals surface area contributed by atoms with Crippen molar-refractivity contribution in [3.63, 3.8) is 0 Å². The quantitative estimate of drug-likeness (QED) is 0.873. The summed E-state index contributed by atoms with van der Waals surface area (Å²) in [5.74, 6) is 0.674. The van der Waals surface area contributed by atoms with Crippen LogP contribution in [0.2, 0.25) is 5.02 Å². The molecule has 1 aliphatic rings. The summed E-state index contributed by atoms with van der Waals surface area (Å²) in [7, 11) is 0. The molecule has 16 heavy (non-hydrogen) atoms. The van der Waals surface area contributed by atoms with Crippen LogP contribution < -0.4 is 5.32 Å². The molecule has 88 valence electrons. The molecule has 0 bridgehead atoms. The van der Waals surface area contributed by atoms with Gasteiger partial charge in [0.15, 0.2) is 0 Å². The number of rotatable bonds is 4. The highest BCUT2D eigenvalue weighted by atomic mass is 35.5. The van der Waals surface area contributed by atoms with E-state index in [1.165, 1.54) is 18.4 Å². The van der Waals surface area contributed by atoms with Crippen LogP contribution in [0.15, 0.2) is 24.3 Å². The Hall–Kier alpha value is -0.570. The van der Waals surface area contributed by atoms with Crippen molar-refractivity contribution in [1.29, 1.82) is 0 Å². The Morgan fingerprint density at radius 2 is 2.38 bits per heavy atom. The zero-order valence-corrected chi connectivity index (χ0v) is 10.2. The molecule has 1 aromatic rings. The van der Waals surface area contributed by atoms with Crippen LogP contribution in [-0.2, 0) is 11.3 Å². The molecule has 1 heterocycles. The van der Waals surface area contributed by atoms with E-state index >= 15 is 0 Å². The van der Waals surface area contributed by atoms with Gasteiger partial charge < -0.3 is 10.1 Å². The Morgan fingerprint density at radius 1 is 1.44 bits per heavy atom. The maximum absolute atomic E-state index is 5.92. The van der Waals surface area contributed by atoms with Gasteiger partial charge in [0.25, 0.3) is 0 Å². The smallest absolute Gasteiger partial charge is 0.0506 e. The Labute approximate surface area is 102 Å². The summed E-state index contributed by atoms with van der Waals surface area (Å²) in [5, 5.41) is 4.27. The normalized spacial score (nSPS) is 20.9. The van der Waals surface area contributed by atoms with Gasteiger partial charge in [-0.3, -0.25) is 0 Å². The average molecular weight is 240 g/mol. The van der Waals surface area contributed by atoms with Crippen LogP contribution in [-0.4, -0.2) is 19.8 Å². The number of hydrogen-bond acceptors (Lipinski definition) is 2. The first kappa shape index (κ1) is 11.9. The fourth-order valence-corrected chi connectivity index (χ4v) is 2.25. The topological polar surface area (TPSA) is 21.3 Å². The highest BCUT2D eigenvalue weighted by Crippen LogP contribution is 2.13. The third kappa shape index (κ3) is 3.78. The van der Waals surface area contributed by atoms with Gasteiger partial charge in [-0.1, -0.05) is 23.7 Å². The lowest BCUT2D eigenvalue weighted by Crippen LogP contribution is -2.28. The largest absolute Gasteiger partial charge is 0.381 e. The molecule has 0 amide bonds. The van der Waals surface area contributed by atoms with Gasteiger partial charge in [-0.25, -0.2) is 0 Å². The fraction of sp³-hybridized carbons (Fsp3) is 0.538. The van der Waals surface area contributed by atoms with E-state index in [0.29, 0.717) is 5.92 Å². The van der Waals surface area contributed by atoms with E-state index in [2.05, 4.69) is 11.4 Å².